The molecule has 1 amide bonds. The van der Waals surface area contributed by atoms with Gasteiger partial charge in [-0.05, 0) is 55.2 Å². The van der Waals surface area contributed by atoms with E-state index in [0.29, 0.717) is 48.6 Å². The molecule has 2 heterocycles. The maximum Gasteiger partial charge on any atom is 0.292 e. The summed E-state index contributed by atoms with van der Waals surface area (Å²) in [6.07, 6.45) is 3.84. The van der Waals surface area contributed by atoms with Crippen LogP contribution in [0.25, 0.3) is 0 Å². The second-order valence-corrected chi connectivity index (χ2v) is 8.35. The van der Waals surface area contributed by atoms with Crippen molar-refractivity contribution in [1.82, 2.24) is 0 Å². The quantitative estimate of drug-likeness (QED) is 0.509. The maximum absolute atomic E-state index is 13.3. The average Bonchev–Trinajstić information content (AvgIpc) is 3.31. The Labute approximate surface area is 186 Å². The van der Waals surface area contributed by atoms with E-state index in [0.717, 1.165) is 30.5 Å². The molecule has 0 N–H and O–H groups in total. The predicted molar refractivity (Wildman–Crippen MR) is 118 cm³/mol. The van der Waals surface area contributed by atoms with Gasteiger partial charge in [-0.2, -0.15) is 0 Å². The summed E-state index contributed by atoms with van der Waals surface area (Å²) in [5.74, 6) is -0.876. The molecule has 5 nitrogen and oxygen atoms in total. The Hall–Kier alpha value is -1.79. The first-order valence-electron chi connectivity index (χ1n) is 10.4. The van der Waals surface area contributed by atoms with Gasteiger partial charge in [-0.15, -0.1) is 0 Å². The van der Waals surface area contributed by atoms with Gasteiger partial charge in [0.2, 0.25) is 0 Å². The van der Waals surface area contributed by atoms with Crippen molar-refractivity contribution in [3.63, 3.8) is 0 Å². The minimum atomic E-state index is -1.29. The van der Waals surface area contributed by atoms with Crippen LogP contribution >= 0.6 is 23.2 Å². The fourth-order valence-corrected chi connectivity index (χ4v) is 4.39. The zero-order valence-corrected chi connectivity index (χ0v) is 18.5. The van der Waals surface area contributed by atoms with Gasteiger partial charge in [0.25, 0.3) is 11.7 Å². The lowest BCUT2D eigenvalue weighted by molar-refractivity contribution is -0.180. The summed E-state index contributed by atoms with van der Waals surface area (Å²) in [6.45, 7) is 3.92. The van der Waals surface area contributed by atoms with Crippen molar-refractivity contribution in [2.24, 2.45) is 0 Å². The monoisotopic (exact) mass is 449 g/mol. The Morgan fingerprint density at radius 2 is 1.90 bits per heavy atom. The minimum Gasteiger partial charge on any atom is -0.492 e. The van der Waals surface area contributed by atoms with E-state index in [4.69, 9.17) is 37.4 Å². The Balaban J connectivity index is 1.47. The van der Waals surface area contributed by atoms with Crippen LogP contribution in [-0.4, -0.2) is 32.3 Å². The molecule has 1 saturated heterocycles. The first kappa shape index (κ1) is 21.4. The molecule has 0 unspecified atom stereocenters. The number of unbranched alkanes of at least 4 members (excludes halogenated alkanes) is 1. The molecule has 7 heteroatoms. The van der Waals surface area contributed by atoms with Crippen LogP contribution in [0.15, 0.2) is 36.4 Å². The van der Waals surface area contributed by atoms with Crippen molar-refractivity contribution in [1.29, 1.82) is 0 Å². The molecular weight excluding hydrogens is 425 g/mol. The van der Waals surface area contributed by atoms with Crippen LogP contribution < -0.4 is 9.64 Å². The Bertz CT molecular complexity index is 927. The number of aryl methyl sites for hydroxylation is 1. The molecule has 2 aliphatic heterocycles. The summed E-state index contributed by atoms with van der Waals surface area (Å²) in [5.41, 5.74) is 2.87. The lowest BCUT2D eigenvalue weighted by Crippen LogP contribution is -2.41. The van der Waals surface area contributed by atoms with Crippen molar-refractivity contribution < 1.29 is 19.0 Å². The molecule has 0 bridgehead atoms. The Morgan fingerprint density at radius 1 is 1.10 bits per heavy atom. The molecule has 0 aromatic heterocycles. The zero-order valence-electron chi connectivity index (χ0n) is 17.0. The van der Waals surface area contributed by atoms with E-state index in [9.17, 15) is 4.79 Å². The average molecular weight is 450 g/mol. The number of amides is 1. The minimum absolute atomic E-state index is 0.160. The van der Waals surface area contributed by atoms with E-state index in [1.807, 2.05) is 6.07 Å². The molecule has 0 saturated carbocycles. The van der Waals surface area contributed by atoms with Crippen LogP contribution in [-0.2, 0) is 26.5 Å². The molecule has 2 aliphatic rings. The Kier molecular flexibility index (Phi) is 6.54. The van der Waals surface area contributed by atoms with E-state index in [1.54, 1.807) is 23.1 Å². The number of fused-ring (bicyclic) bond motifs is 2. The highest BCUT2D eigenvalue weighted by molar-refractivity contribution is 6.35. The standard InChI is InChI=1S/C23H25Cl2NO4/c1-2-3-5-16-6-8-20-18(14-16)23(29-12-13-30-23)22(27)26(20)10-4-11-28-21-9-7-17(24)15-19(21)25/h6-9,14-15H,2-5,10-13H2,1H3. The van der Waals surface area contributed by atoms with E-state index in [1.165, 1.54) is 5.56 Å². The van der Waals surface area contributed by atoms with E-state index >= 15 is 0 Å². The first-order chi connectivity index (χ1) is 14.5. The number of hydrogen-bond acceptors (Lipinski definition) is 4. The number of halogens is 2. The van der Waals surface area contributed by atoms with E-state index in [-0.39, 0.29) is 5.91 Å². The van der Waals surface area contributed by atoms with Gasteiger partial charge in [-0.3, -0.25) is 4.79 Å². The van der Waals surface area contributed by atoms with Crippen molar-refractivity contribution in [3.8, 4) is 5.75 Å². The van der Waals surface area contributed by atoms with Crippen molar-refractivity contribution in [2.75, 3.05) is 31.3 Å². The molecule has 0 aliphatic carbocycles. The number of nitrogens with zero attached hydrogens (tertiary/aromatic N) is 1. The topological polar surface area (TPSA) is 48.0 Å². The highest BCUT2D eigenvalue weighted by Gasteiger charge is 2.55. The first-order valence-corrected chi connectivity index (χ1v) is 11.1. The molecule has 4 rings (SSSR count). The van der Waals surface area contributed by atoms with Crippen molar-refractivity contribution in [3.05, 3.63) is 57.6 Å². The summed E-state index contributed by atoms with van der Waals surface area (Å²) in [6, 6.07) is 11.3. The number of carbonyl (C=O) groups is 1. The van der Waals surface area contributed by atoms with Crippen LogP contribution in [0.5, 0.6) is 5.75 Å². The van der Waals surface area contributed by atoms with Crippen molar-refractivity contribution in [2.45, 2.75) is 38.4 Å². The molecule has 0 atom stereocenters. The molecule has 2 aromatic rings. The summed E-state index contributed by atoms with van der Waals surface area (Å²) in [4.78, 5) is 15.0. The van der Waals surface area contributed by atoms with Gasteiger partial charge in [-0.25, -0.2) is 0 Å². The lowest BCUT2D eigenvalue weighted by Gasteiger charge is -2.22. The number of ether oxygens (including phenoxy) is 3. The fraction of sp³-hybridized carbons (Fsp3) is 0.435. The van der Waals surface area contributed by atoms with Crippen LogP contribution in [0, 0.1) is 0 Å². The van der Waals surface area contributed by atoms with Gasteiger partial charge in [0.1, 0.15) is 5.75 Å². The van der Waals surface area contributed by atoms with Crippen LogP contribution in [0.3, 0.4) is 0 Å². The third-order valence-corrected chi connectivity index (χ3v) is 5.95. The SMILES string of the molecule is CCCCc1ccc2c(c1)C1(OCCO1)C(=O)N2CCCOc1ccc(Cl)cc1Cl. The number of benzene rings is 2. The van der Waals surface area contributed by atoms with E-state index < -0.39 is 5.79 Å². The smallest absolute Gasteiger partial charge is 0.292 e. The van der Waals surface area contributed by atoms with Gasteiger partial charge < -0.3 is 19.1 Å². The molecule has 30 heavy (non-hydrogen) atoms. The number of rotatable bonds is 8. The van der Waals surface area contributed by atoms with Gasteiger partial charge in [0.15, 0.2) is 0 Å². The summed E-state index contributed by atoms with van der Waals surface area (Å²) in [5, 5.41) is 1.03. The van der Waals surface area contributed by atoms with Gasteiger partial charge in [0, 0.05) is 17.1 Å². The Morgan fingerprint density at radius 3 is 2.63 bits per heavy atom. The fourth-order valence-electron chi connectivity index (χ4n) is 3.93. The third-order valence-electron chi connectivity index (χ3n) is 5.42. The summed E-state index contributed by atoms with van der Waals surface area (Å²) < 4.78 is 17.5. The second-order valence-electron chi connectivity index (χ2n) is 7.50. The second kappa shape index (κ2) is 9.15. The van der Waals surface area contributed by atoms with Crippen LogP contribution in [0.2, 0.25) is 10.0 Å². The lowest BCUT2D eigenvalue weighted by atomic mass is 10.0. The largest absolute Gasteiger partial charge is 0.492 e. The van der Waals surface area contributed by atoms with Crippen LogP contribution in [0.1, 0.15) is 37.3 Å². The maximum atomic E-state index is 13.3. The normalized spacial score (nSPS) is 17.0. The highest BCUT2D eigenvalue weighted by atomic mass is 35.5. The summed E-state index contributed by atoms with van der Waals surface area (Å²) in [7, 11) is 0. The van der Waals surface area contributed by atoms with Crippen LogP contribution in [0.4, 0.5) is 5.69 Å². The highest BCUT2D eigenvalue weighted by Crippen LogP contribution is 2.46. The predicted octanol–water partition coefficient (Wildman–Crippen LogP) is 5.35. The number of carbonyl (C=O) groups excluding carboxylic acids is 1. The third kappa shape index (κ3) is 4.04. The zero-order chi connectivity index (χ0) is 21.1. The number of hydrogen-bond donors (Lipinski definition) is 0. The summed E-state index contributed by atoms with van der Waals surface area (Å²) >= 11 is 12.1. The van der Waals surface area contributed by atoms with Gasteiger partial charge in [-0.1, -0.05) is 42.6 Å². The molecule has 1 fully saturated rings. The molecule has 1 spiro atoms. The van der Waals surface area contributed by atoms with E-state index in [2.05, 4.69) is 19.1 Å². The number of anilines is 1. The molecule has 160 valence electrons. The van der Waals surface area contributed by atoms with Gasteiger partial charge >= 0.3 is 0 Å². The molecule has 0 radical (unpaired) electrons. The van der Waals surface area contributed by atoms with Crippen molar-refractivity contribution >= 4 is 34.8 Å². The van der Waals surface area contributed by atoms with Gasteiger partial charge in [0.05, 0.1) is 30.5 Å². The molecular formula is C23H25Cl2NO4. The molecule has 2 aromatic carbocycles.